The number of carbonyl (C=O) groups excluding carboxylic acids is 1. The number of carboxylic acid groups (broad SMARTS) is 1. The molecule has 98 valence electrons. The molecule has 0 aliphatic heterocycles. The summed E-state index contributed by atoms with van der Waals surface area (Å²) in [5.74, 6) is -1.56. The van der Waals surface area contributed by atoms with Gasteiger partial charge in [-0.3, -0.25) is 5.32 Å². The van der Waals surface area contributed by atoms with Crippen molar-refractivity contribution in [2.45, 2.75) is 19.8 Å². The number of amides is 1. The van der Waals surface area contributed by atoms with Crippen molar-refractivity contribution in [1.29, 1.82) is 0 Å². The number of carbonyl (C=O) groups is 2. The van der Waals surface area contributed by atoms with E-state index in [1.165, 1.54) is 12.1 Å². The maximum Gasteiger partial charge on any atom is 0.409 e. The quantitative estimate of drug-likeness (QED) is 0.626. The van der Waals surface area contributed by atoms with Gasteiger partial charge in [-0.15, -0.1) is 0 Å². The van der Waals surface area contributed by atoms with E-state index in [0.29, 0.717) is 6.42 Å². The van der Waals surface area contributed by atoms with Crippen LogP contribution in [0.3, 0.4) is 0 Å². The summed E-state index contributed by atoms with van der Waals surface area (Å²) in [6, 6.07) is 3.42. The van der Waals surface area contributed by atoms with Crippen molar-refractivity contribution in [2.75, 3.05) is 11.9 Å². The highest BCUT2D eigenvalue weighted by Gasteiger charge is 2.14. The first-order valence-electron chi connectivity index (χ1n) is 5.51. The number of ether oxygens (including phenoxy) is 1. The van der Waals surface area contributed by atoms with Crippen molar-refractivity contribution in [3.63, 3.8) is 0 Å². The first kappa shape index (κ1) is 14.0. The largest absolute Gasteiger partial charge is 0.465 e. The van der Waals surface area contributed by atoms with Gasteiger partial charge in [0.25, 0.3) is 0 Å². The number of benzene rings is 1. The van der Waals surface area contributed by atoms with Gasteiger partial charge in [0.05, 0.1) is 12.2 Å². The van der Waals surface area contributed by atoms with Crippen LogP contribution in [0, 0.1) is 5.82 Å². The lowest BCUT2D eigenvalue weighted by Crippen LogP contribution is -2.11. The van der Waals surface area contributed by atoms with Gasteiger partial charge in [0.1, 0.15) is 5.82 Å². The number of hydrogen-bond acceptors (Lipinski definition) is 3. The van der Waals surface area contributed by atoms with E-state index in [-0.39, 0.29) is 17.9 Å². The molecule has 2 N–H and O–H groups in total. The minimum absolute atomic E-state index is 0.0603. The first-order chi connectivity index (χ1) is 8.54. The molecule has 0 unspecified atom stereocenters. The normalized spacial score (nSPS) is 9.89. The Balaban J connectivity index is 2.72. The summed E-state index contributed by atoms with van der Waals surface area (Å²) in [5, 5.41) is 10.4. The zero-order valence-corrected chi connectivity index (χ0v) is 9.90. The van der Waals surface area contributed by atoms with E-state index in [1.807, 2.05) is 12.2 Å². The summed E-state index contributed by atoms with van der Waals surface area (Å²) < 4.78 is 18.4. The molecule has 0 aliphatic rings. The van der Waals surface area contributed by atoms with Crippen LogP contribution < -0.4 is 5.32 Å². The maximum absolute atomic E-state index is 13.5. The molecule has 5 nitrogen and oxygen atoms in total. The van der Waals surface area contributed by atoms with Gasteiger partial charge in [-0.25, -0.2) is 14.0 Å². The summed E-state index contributed by atoms with van der Waals surface area (Å²) >= 11 is 0. The topological polar surface area (TPSA) is 75.6 Å². The second kappa shape index (κ2) is 6.58. The molecule has 1 rings (SSSR count). The van der Waals surface area contributed by atoms with Crippen LogP contribution in [0.2, 0.25) is 0 Å². The summed E-state index contributed by atoms with van der Waals surface area (Å²) in [7, 11) is 0. The highest BCUT2D eigenvalue weighted by molar-refractivity contribution is 5.91. The third-order valence-corrected chi connectivity index (χ3v) is 2.17. The molecular formula is C12H14FNO4. The monoisotopic (exact) mass is 255 g/mol. The number of rotatable bonds is 5. The van der Waals surface area contributed by atoms with E-state index in [0.717, 1.165) is 12.5 Å². The van der Waals surface area contributed by atoms with Gasteiger partial charge in [-0.05, 0) is 24.6 Å². The predicted octanol–water partition coefficient (Wildman–Crippen LogP) is 2.87. The van der Waals surface area contributed by atoms with Gasteiger partial charge in [-0.2, -0.15) is 0 Å². The zero-order valence-electron chi connectivity index (χ0n) is 9.90. The fraction of sp³-hybridized carbons (Fsp3) is 0.333. The van der Waals surface area contributed by atoms with E-state index in [1.54, 1.807) is 0 Å². The molecule has 0 radical (unpaired) electrons. The lowest BCUT2D eigenvalue weighted by Gasteiger charge is -2.06. The minimum Gasteiger partial charge on any atom is -0.465 e. The van der Waals surface area contributed by atoms with Crippen molar-refractivity contribution in [3.05, 3.63) is 29.6 Å². The minimum atomic E-state index is -1.30. The van der Waals surface area contributed by atoms with Crippen molar-refractivity contribution < 1.29 is 23.8 Å². The van der Waals surface area contributed by atoms with Crippen LogP contribution in [0.5, 0.6) is 0 Å². The molecule has 1 aromatic rings. The molecule has 0 heterocycles. The van der Waals surface area contributed by atoms with Crippen molar-refractivity contribution >= 4 is 17.7 Å². The van der Waals surface area contributed by atoms with Crippen LogP contribution in [-0.4, -0.2) is 23.8 Å². The molecule has 0 saturated carbocycles. The Morgan fingerprint density at radius 2 is 2.17 bits per heavy atom. The Hall–Kier alpha value is -2.11. The van der Waals surface area contributed by atoms with Gasteiger partial charge < -0.3 is 9.84 Å². The molecule has 0 bridgehead atoms. The average molecular weight is 255 g/mol. The van der Waals surface area contributed by atoms with Crippen molar-refractivity contribution in [2.24, 2.45) is 0 Å². The number of anilines is 1. The van der Waals surface area contributed by atoms with Crippen molar-refractivity contribution in [1.82, 2.24) is 0 Å². The highest BCUT2D eigenvalue weighted by atomic mass is 19.1. The van der Waals surface area contributed by atoms with E-state index in [4.69, 9.17) is 9.84 Å². The fourth-order valence-electron chi connectivity index (χ4n) is 1.27. The molecule has 0 aliphatic carbocycles. The standard InChI is InChI=1S/C12H14FNO4/c1-2-3-6-18-11(15)9-5-4-8(7-10(9)13)14-12(16)17/h4-5,7,14H,2-3,6H2,1H3,(H,16,17). The molecule has 18 heavy (non-hydrogen) atoms. The van der Waals surface area contributed by atoms with Crippen LogP contribution in [-0.2, 0) is 4.74 Å². The summed E-state index contributed by atoms with van der Waals surface area (Å²) in [6.45, 7) is 2.19. The second-order valence-corrected chi connectivity index (χ2v) is 3.61. The molecule has 1 aromatic carbocycles. The second-order valence-electron chi connectivity index (χ2n) is 3.61. The van der Waals surface area contributed by atoms with Gasteiger partial charge in [0.2, 0.25) is 0 Å². The third kappa shape index (κ3) is 4.04. The van der Waals surface area contributed by atoms with Crippen LogP contribution in [0.15, 0.2) is 18.2 Å². The average Bonchev–Trinajstić information content (AvgIpc) is 2.28. The number of esters is 1. The molecule has 0 atom stereocenters. The van der Waals surface area contributed by atoms with Gasteiger partial charge in [0.15, 0.2) is 0 Å². The van der Waals surface area contributed by atoms with E-state index in [9.17, 15) is 14.0 Å². The van der Waals surface area contributed by atoms with Crippen LogP contribution >= 0.6 is 0 Å². The summed E-state index contributed by atoms with van der Waals surface area (Å²) in [5.41, 5.74) is -0.146. The molecule has 0 saturated heterocycles. The van der Waals surface area contributed by atoms with Crippen LogP contribution in [0.25, 0.3) is 0 Å². The van der Waals surface area contributed by atoms with E-state index >= 15 is 0 Å². The van der Waals surface area contributed by atoms with Gasteiger partial charge in [0, 0.05) is 5.69 Å². The fourth-order valence-corrected chi connectivity index (χ4v) is 1.27. The molecule has 6 heteroatoms. The van der Waals surface area contributed by atoms with Crippen LogP contribution in [0.1, 0.15) is 30.1 Å². The predicted molar refractivity (Wildman–Crippen MR) is 63.2 cm³/mol. The van der Waals surface area contributed by atoms with E-state index in [2.05, 4.69) is 0 Å². The number of unbranched alkanes of at least 4 members (excludes halogenated alkanes) is 1. The van der Waals surface area contributed by atoms with Gasteiger partial charge >= 0.3 is 12.1 Å². The Kier molecular flexibility index (Phi) is 5.10. The maximum atomic E-state index is 13.5. The summed E-state index contributed by atoms with van der Waals surface area (Å²) in [6.07, 6.45) is 0.288. The highest BCUT2D eigenvalue weighted by Crippen LogP contribution is 2.15. The Morgan fingerprint density at radius 1 is 1.44 bits per heavy atom. The number of nitrogens with one attached hydrogen (secondary N) is 1. The zero-order chi connectivity index (χ0) is 13.5. The molecule has 0 spiro atoms. The molecule has 0 fully saturated rings. The smallest absolute Gasteiger partial charge is 0.409 e. The molecule has 0 aromatic heterocycles. The lowest BCUT2D eigenvalue weighted by atomic mass is 10.2. The van der Waals surface area contributed by atoms with Crippen molar-refractivity contribution in [3.8, 4) is 0 Å². The SMILES string of the molecule is CCCCOC(=O)c1ccc(NC(=O)O)cc1F. The first-order valence-corrected chi connectivity index (χ1v) is 5.51. The lowest BCUT2D eigenvalue weighted by molar-refractivity contribution is 0.0494. The molecular weight excluding hydrogens is 241 g/mol. The molecule has 1 amide bonds. The Labute approximate surface area is 104 Å². The Morgan fingerprint density at radius 3 is 2.72 bits per heavy atom. The number of halogens is 1. The Bertz CT molecular complexity index is 448. The van der Waals surface area contributed by atoms with Crippen LogP contribution in [0.4, 0.5) is 14.9 Å². The number of hydrogen-bond donors (Lipinski definition) is 2. The van der Waals surface area contributed by atoms with E-state index < -0.39 is 17.9 Å². The van der Waals surface area contributed by atoms with Gasteiger partial charge in [-0.1, -0.05) is 13.3 Å². The third-order valence-electron chi connectivity index (χ3n) is 2.17. The summed E-state index contributed by atoms with van der Waals surface area (Å²) in [4.78, 5) is 21.8.